The van der Waals surface area contributed by atoms with E-state index in [2.05, 4.69) is 0 Å². The van der Waals surface area contributed by atoms with E-state index in [1.54, 1.807) is 6.92 Å². The number of aliphatic hydroxyl groups excluding tert-OH is 1. The van der Waals surface area contributed by atoms with Gasteiger partial charge in [0.25, 0.3) is 10.0 Å². The Bertz CT molecular complexity index is 955. The van der Waals surface area contributed by atoms with Crippen LogP contribution in [0.25, 0.3) is 0 Å². The Morgan fingerprint density at radius 2 is 1.58 bits per heavy atom. The van der Waals surface area contributed by atoms with Gasteiger partial charge in [-0.2, -0.15) is 30.6 Å². The number of alkyl halides is 6. The molecule has 1 aliphatic rings. The highest BCUT2D eigenvalue weighted by Crippen LogP contribution is 2.51. The molecular formula is C16H22F6NO8S2-. The van der Waals surface area contributed by atoms with Gasteiger partial charge in [-0.3, -0.25) is 4.79 Å². The summed E-state index contributed by atoms with van der Waals surface area (Å²) in [5.74, 6) is -8.41. The standard InChI is InChI=1S/C16H23F6NO8S2/c1-3-13(2,10-24)12(25)31-9-6-11-4-7-23(8-5-11)32(26,27)15(19,20)14(17,18)16(21,22)33(28,29)30/h6,9,11,24H,3-5,7-8,10H2,1-2H3,(H,28,29,30)/p-1. The molecule has 0 aromatic rings. The van der Waals surface area contributed by atoms with Gasteiger partial charge in [-0.1, -0.05) is 6.92 Å². The van der Waals surface area contributed by atoms with E-state index in [4.69, 9.17) is 4.74 Å². The van der Waals surface area contributed by atoms with Crippen molar-refractivity contribution >= 4 is 26.1 Å². The number of hydrogen-bond donors (Lipinski definition) is 1. The van der Waals surface area contributed by atoms with Gasteiger partial charge in [-0.05, 0) is 38.2 Å². The Kier molecular flexibility index (Phi) is 8.68. The van der Waals surface area contributed by atoms with E-state index >= 15 is 0 Å². The lowest BCUT2D eigenvalue weighted by molar-refractivity contribution is -0.247. The molecule has 1 saturated heterocycles. The number of carbonyl (C=O) groups excluding carboxylic acids is 1. The fraction of sp³-hybridized carbons (Fsp3) is 0.812. The zero-order valence-corrected chi connectivity index (χ0v) is 18.9. The minimum atomic E-state index is -7.34. The molecule has 1 rings (SSSR count). The van der Waals surface area contributed by atoms with Crippen molar-refractivity contribution in [1.29, 1.82) is 0 Å². The van der Waals surface area contributed by atoms with Crippen LogP contribution in [0.5, 0.6) is 0 Å². The molecule has 33 heavy (non-hydrogen) atoms. The van der Waals surface area contributed by atoms with Gasteiger partial charge < -0.3 is 14.4 Å². The van der Waals surface area contributed by atoms with Crippen LogP contribution in [0.4, 0.5) is 26.3 Å². The van der Waals surface area contributed by atoms with Crippen LogP contribution in [-0.4, -0.2) is 72.9 Å². The first-order chi connectivity index (χ1) is 14.7. The fourth-order valence-corrected chi connectivity index (χ4v) is 4.61. The molecule has 0 aromatic heterocycles. The molecule has 0 radical (unpaired) electrons. The number of piperidine rings is 1. The molecule has 1 atom stereocenters. The van der Waals surface area contributed by atoms with Crippen LogP contribution in [0.15, 0.2) is 12.3 Å². The van der Waals surface area contributed by atoms with E-state index in [0.29, 0.717) is 0 Å². The monoisotopic (exact) mass is 534 g/mol. The van der Waals surface area contributed by atoms with Crippen molar-refractivity contribution in [2.75, 3.05) is 19.7 Å². The molecule has 9 nitrogen and oxygen atoms in total. The molecule has 17 heteroatoms. The van der Waals surface area contributed by atoms with Crippen molar-refractivity contribution in [2.24, 2.45) is 11.3 Å². The minimum absolute atomic E-state index is 0.218. The molecule has 194 valence electrons. The smallest absolute Gasteiger partial charge is 0.428 e. The van der Waals surface area contributed by atoms with E-state index in [9.17, 15) is 57.6 Å². The maximum absolute atomic E-state index is 14.0. The SMILES string of the molecule is CCC(C)(CO)C(=O)OC=CC1CCN(S(=O)(=O)C(F)(F)C(F)(F)C(F)(F)S(=O)(=O)[O-])CC1. The Hall–Kier alpha value is -1.43. The normalized spacial score (nSPS) is 20.1. The van der Waals surface area contributed by atoms with Crippen LogP contribution in [0, 0.1) is 11.3 Å². The van der Waals surface area contributed by atoms with Crippen molar-refractivity contribution in [3.63, 3.8) is 0 Å². The number of sulfonamides is 1. The van der Waals surface area contributed by atoms with Crippen molar-refractivity contribution in [3.05, 3.63) is 12.3 Å². The van der Waals surface area contributed by atoms with Crippen molar-refractivity contribution in [2.45, 2.75) is 49.5 Å². The van der Waals surface area contributed by atoms with Gasteiger partial charge in [0.15, 0.2) is 10.1 Å². The lowest BCUT2D eigenvalue weighted by Crippen LogP contribution is -2.63. The van der Waals surface area contributed by atoms with Crippen LogP contribution in [0.2, 0.25) is 0 Å². The third kappa shape index (κ3) is 5.31. The maximum atomic E-state index is 14.0. The largest absolute Gasteiger partial charge is 0.743 e. The van der Waals surface area contributed by atoms with Gasteiger partial charge in [-0.25, -0.2) is 16.8 Å². The summed E-state index contributed by atoms with van der Waals surface area (Å²) >= 11 is 0. The minimum Gasteiger partial charge on any atom is -0.743 e. The third-order valence-electron chi connectivity index (χ3n) is 5.36. The molecule has 0 amide bonds. The van der Waals surface area contributed by atoms with E-state index in [0.717, 1.165) is 6.26 Å². The van der Waals surface area contributed by atoms with Crippen molar-refractivity contribution < 1.29 is 62.4 Å². The average molecular weight is 534 g/mol. The maximum Gasteiger partial charge on any atom is 0.428 e. The summed E-state index contributed by atoms with van der Waals surface area (Å²) in [5.41, 5.74) is -1.18. The third-order valence-corrected chi connectivity index (χ3v) is 8.19. The molecule has 1 unspecified atom stereocenters. The lowest BCUT2D eigenvalue weighted by atomic mass is 9.89. The molecule has 0 aliphatic carbocycles. The van der Waals surface area contributed by atoms with Gasteiger partial charge >= 0.3 is 22.4 Å². The Labute approximate surface area is 186 Å². The van der Waals surface area contributed by atoms with E-state index in [1.807, 2.05) is 0 Å². The van der Waals surface area contributed by atoms with Crippen LogP contribution in [0.1, 0.15) is 33.1 Å². The van der Waals surface area contributed by atoms with Gasteiger partial charge in [0.2, 0.25) is 0 Å². The number of allylic oxidation sites excluding steroid dienone is 1. The lowest BCUT2D eigenvalue weighted by Gasteiger charge is -2.37. The summed E-state index contributed by atoms with van der Waals surface area (Å²) in [4.78, 5) is 11.9. The zero-order chi connectivity index (χ0) is 26.1. The van der Waals surface area contributed by atoms with Crippen LogP contribution >= 0.6 is 0 Å². The first-order valence-corrected chi connectivity index (χ1v) is 12.1. The van der Waals surface area contributed by atoms with Gasteiger partial charge in [0.1, 0.15) is 0 Å². The first-order valence-electron chi connectivity index (χ1n) is 9.30. The quantitative estimate of drug-likeness (QED) is 0.194. The number of halogens is 6. The molecule has 1 N–H and O–H groups in total. The fourth-order valence-electron chi connectivity index (χ4n) is 2.63. The summed E-state index contributed by atoms with van der Waals surface area (Å²) < 4.78 is 141. The summed E-state index contributed by atoms with van der Waals surface area (Å²) in [6.07, 6.45) is 1.91. The van der Waals surface area contributed by atoms with E-state index in [-0.39, 0.29) is 23.6 Å². The average Bonchev–Trinajstić information content (AvgIpc) is 2.72. The van der Waals surface area contributed by atoms with Crippen LogP contribution in [0.3, 0.4) is 0 Å². The summed E-state index contributed by atoms with van der Waals surface area (Å²) in [6, 6.07) is 0. The van der Waals surface area contributed by atoms with Crippen LogP contribution in [-0.2, 0) is 29.7 Å². The van der Waals surface area contributed by atoms with Gasteiger partial charge in [0.05, 0.1) is 18.3 Å². The first kappa shape index (κ1) is 29.6. The summed E-state index contributed by atoms with van der Waals surface area (Å²) in [6.45, 7) is 0.882. The van der Waals surface area contributed by atoms with Crippen molar-refractivity contribution in [3.8, 4) is 0 Å². The Morgan fingerprint density at radius 1 is 1.09 bits per heavy atom. The number of rotatable bonds is 10. The Balaban J connectivity index is 2.94. The number of carbonyl (C=O) groups is 1. The second kappa shape index (κ2) is 9.67. The van der Waals surface area contributed by atoms with Crippen LogP contribution < -0.4 is 0 Å². The highest BCUT2D eigenvalue weighted by Gasteiger charge is 2.80. The highest BCUT2D eigenvalue weighted by molar-refractivity contribution is 7.90. The van der Waals surface area contributed by atoms with E-state index in [1.165, 1.54) is 13.0 Å². The second-order valence-corrected chi connectivity index (χ2v) is 11.0. The zero-order valence-electron chi connectivity index (χ0n) is 17.3. The van der Waals surface area contributed by atoms with Crippen molar-refractivity contribution in [1.82, 2.24) is 4.31 Å². The molecule has 0 bridgehead atoms. The molecular weight excluding hydrogens is 512 g/mol. The Morgan fingerprint density at radius 3 is 1.97 bits per heavy atom. The van der Waals surface area contributed by atoms with E-state index < -0.39 is 73.6 Å². The summed E-state index contributed by atoms with van der Waals surface area (Å²) in [5, 5.41) is -4.29. The number of aliphatic hydroxyl groups is 1. The number of nitrogens with zero attached hydrogens (tertiary/aromatic N) is 1. The number of hydrogen-bond acceptors (Lipinski definition) is 8. The molecule has 1 aliphatic heterocycles. The topological polar surface area (TPSA) is 141 Å². The molecule has 0 saturated carbocycles. The predicted octanol–water partition coefficient (Wildman–Crippen LogP) is 1.86. The molecule has 0 spiro atoms. The molecule has 1 fully saturated rings. The van der Waals surface area contributed by atoms with Gasteiger partial charge in [0, 0.05) is 13.1 Å². The highest BCUT2D eigenvalue weighted by atomic mass is 32.2. The molecule has 1 heterocycles. The second-order valence-electron chi connectivity index (χ2n) is 7.61. The molecule has 0 aromatic carbocycles. The number of ether oxygens (including phenoxy) is 1. The summed E-state index contributed by atoms with van der Waals surface area (Å²) in [7, 11) is -13.9. The van der Waals surface area contributed by atoms with Gasteiger partial charge in [-0.15, -0.1) is 0 Å². The predicted molar refractivity (Wildman–Crippen MR) is 98.5 cm³/mol. The number of esters is 1.